The number of halogens is 1. The van der Waals surface area contributed by atoms with Gasteiger partial charge in [0.25, 0.3) is 5.69 Å². The fourth-order valence-electron chi connectivity index (χ4n) is 1.04. The quantitative estimate of drug-likeness (QED) is 0.436. The van der Waals surface area contributed by atoms with Crippen molar-refractivity contribution in [3.8, 4) is 0 Å². The Hall–Kier alpha value is -1.98. The first-order chi connectivity index (χ1) is 7.02. The third kappa shape index (κ3) is 2.73. The number of hydrogen-bond acceptors (Lipinski definition) is 4. The zero-order valence-corrected chi connectivity index (χ0v) is 7.90. The standard InChI is InChI=1S/C9H8FNO4/c1-6(12)15-5-7-8(10)3-2-4-9(7)11(13)14/h2-4H,5H2,1H3. The molecule has 1 rings (SSSR count). The van der Waals surface area contributed by atoms with Gasteiger partial charge in [-0.25, -0.2) is 4.39 Å². The minimum Gasteiger partial charge on any atom is -0.461 e. The van der Waals surface area contributed by atoms with E-state index in [1.807, 2.05) is 0 Å². The van der Waals surface area contributed by atoms with Crippen LogP contribution in [0.25, 0.3) is 0 Å². The average Bonchev–Trinajstić information content (AvgIpc) is 2.15. The van der Waals surface area contributed by atoms with Gasteiger partial charge in [0, 0.05) is 13.0 Å². The van der Waals surface area contributed by atoms with E-state index in [-0.39, 0.29) is 5.56 Å². The van der Waals surface area contributed by atoms with E-state index in [0.29, 0.717) is 0 Å². The minimum absolute atomic E-state index is 0.224. The lowest BCUT2D eigenvalue weighted by Crippen LogP contribution is -2.04. The van der Waals surface area contributed by atoms with Gasteiger partial charge in [-0.2, -0.15) is 0 Å². The van der Waals surface area contributed by atoms with Crippen LogP contribution in [0.15, 0.2) is 18.2 Å². The van der Waals surface area contributed by atoms with E-state index in [4.69, 9.17) is 0 Å². The van der Waals surface area contributed by atoms with E-state index < -0.39 is 29.0 Å². The van der Waals surface area contributed by atoms with Gasteiger partial charge in [0.05, 0.1) is 4.92 Å². The average molecular weight is 213 g/mol. The number of nitro groups is 1. The molecular formula is C9H8FNO4. The topological polar surface area (TPSA) is 69.4 Å². The molecule has 6 heteroatoms. The molecule has 0 heterocycles. The fraction of sp³-hybridized carbons (Fsp3) is 0.222. The highest BCUT2D eigenvalue weighted by Gasteiger charge is 2.18. The molecule has 0 saturated heterocycles. The number of carbonyl (C=O) groups is 1. The smallest absolute Gasteiger partial charge is 0.302 e. The first kappa shape index (κ1) is 11.1. The van der Waals surface area contributed by atoms with Crippen molar-refractivity contribution in [2.24, 2.45) is 0 Å². The summed E-state index contributed by atoms with van der Waals surface area (Å²) in [4.78, 5) is 20.3. The predicted octanol–water partition coefficient (Wildman–Crippen LogP) is 1.80. The van der Waals surface area contributed by atoms with Gasteiger partial charge in [0.15, 0.2) is 0 Å². The largest absolute Gasteiger partial charge is 0.461 e. The van der Waals surface area contributed by atoms with Crippen LogP contribution in [0.1, 0.15) is 12.5 Å². The van der Waals surface area contributed by atoms with Crippen LogP contribution < -0.4 is 0 Å². The molecule has 0 aliphatic rings. The Bertz CT molecular complexity index is 405. The summed E-state index contributed by atoms with van der Waals surface area (Å²) in [7, 11) is 0. The van der Waals surface area contributed by atoms with Crippen LogP contribution >= 0.6 is 0 Å². The Labute approximate surface area is 84.6 Å². The first-order valence-corrected chi connectivity index (χ1v) is 4.07. The van der Waals surface area contributed by atoms with Crippen LogP contribution in [0.2, 0.25) is 0 Å². The van der Waals surface area contributed by atoms with Crippen molar-refractivity contribution in [3.05, 3.63) is 39.7 Å². The molecule has 0 spiro atoms. The second kappa shape index (κ2) is 4.50. The molecule has 0 unspecified atom stereocenters. The number of ether oxygens (including phenoxy) is 1. The first-order valence-electron chi connectivity index (χ1n) is 4.07. The molecule has 0 N–H and O–H groups in total. The van der Waals surface area contributed by atoms with E-state index in [1.165, 1.54) is 6.07 Å². The van der Waals surface area contributed by atoms with E-state index in [2.05, 4.69) is 4.74 Å². The van der Waals surface area contributed by atoms with Gasteiger partial charge in [-0.05, 0) is 6.07 Å². The normalized spacial score (nSPS) is 9.73. The summed E-state index contributed by atoms with van der Waals surface area (Å²) in [6, 6.07) is 3.46. The number of carbonyl (C=O) groups excluding carboxylic acids is 1. The highest BCUT2D eigenvalue weighted by molar-refractivity contribution is 5.66. The van der Waals surface area contributed by atoms with Crippen molar-refractivity contribution in [2.45, 2.75) is 13.5 Å². The van der Waals surface area contributed by atoms with E-state index in [0.717, 1.165) is 19.1 Å². The maximum atomic E-state index is 13.2. The summed E-state index contributed by atoms with van der Waals surface area (Å²) < 4.78 is 17.7. The summed E-state index contributed by atoms with van der Waals surface area (Å²) in [5, 5.41) is 10.5. The lowest BCUT2D eigenvalue weighted by molar-refractivity contribution is -0.386. The van der Waals surface area contributed by atoms with Crippen molar-refractivity contribution >= 4 is 11.7 Å². The van der Waals surface area contributed by atoms with Gasteiger partial charge in [-0.3, -0.25) is 14.9 Å². The number of nitro benzene ring substituents is 1. The van der Waals surface area contributed by atoms with Crippen LogP contribution in [-0.4, -0.2) is 10.9 Å². The molecule has 80 valence electrons. The maximum absolute atomic E-state index is 13.2. The monoisotopic (exact) mass is 213 g/mol. The van der Waals surface area contributed by atoms with Crippen molar-refractivity contribution in [1.82, 2.24) is 0 Å². The molecule has 0 aromatic heterocycles. The molecule has 0 atom stereocenters. The predicted molar refractivity (Wildman–Crippen MR) is 48.5 cm³/mol. The summed E-state index contributed by atoms with van der Waals surface area (Å²) in [5.41, 5.74) is -0.617. The Morgan fingerprint density at radius 2 is 2.27 bits per heavy atom. The molecule has 0 fully saturated rings. The molecule has 1 aromatic carbocycles. The van der Waals surface area contributed by atoms with Crippen molar-refractivity contribution in [2.75, 3.05) is 0 Å². The molecule has 0 amide bonds. The molecule has 0 saturated carbocycles. The molecule has 5 nitrogen and oxygen atoms in total. The van der Waals surface area contributed by atoms with Crippen LogP contribution in [0.4, 0.5) is 10.1 Å². The molecular weight excluding hydrogens is 205 g/mol. The zero-order valence-electron chi connectivity index (χ0n) is 7.90. The number of esters is 1. The molecule has 0 aliphatic heterocycles. The molecule has 0 bridgehead atoms. The Balaban J connectivity index is 3.02. The van der Waals surface area contributed by atoms with Gasteiger partial charge in [0.1, 0.15) is 18.0 Å². The SMILES string of the molecule is CC(=O)OCc1c(F)cccc1[N+](=O)[O-]. The van der Waals surface area contributed by atoms with E-state index in [1.54, 1.807) is 0 Å². The zero-order chi connectivity index (χ0) is 11.4. The highest BCUT2D eigenvalue weighted by atomic mass is 19.1. The van der Waals surface area contributed by atoms with E-state index >= 15 is 0 Å². The molecule has 0 aliphatic carbocycles. The summed E-state index contributed by atoms with van der Waals surface area (Å²) in [5.74, 6) is -1.38. The van der Waals surface area contributed by atoms with Gasteiger partial charge in [0.2, 0.25) is 0 Å². The van der Waals surface area contributed by atoms with Gasteiger partial charge in [-0.15, -0.1) is 0 Å². The number of benzene rings is 1. The Kier molecular flexibility index (Phi) is 3.33. The second-order valence-corrected chi connectivity index (χ2v) is 2.77. The van der Waals surface area contributed by atoms with Gasteiger partial charge in [-0.1, -0.05) is 6.07 Å². The third-order valence-electron chi connectivity index (χ3n) is 1.71. The summed E-state index contributed by atoms with van der Waals surface area (Å²) in [6.45, 7) is 0.713. The number of hydrogen-bond donors (Lipinski definition) is 0. The lowest BCUT2D eigenvalue weighted by atomic mass is 10.2. The Morgan fingerprint density at radius 1 is 1.60 bits per heavy atom. The highest BCUT2D eigenvalue weighted by Crippen LogP contribution is 2.21. The lowest BCUT2D eigenvalue weighted by Gasteiger charge is -2.04. The fourth-order valence-corrected chi connectivity index (χ4v) is 1.04. The second-order valence-electron chi connectivity index (χ2n) is 2.77. The van der Waals surface area contributed by atoms with Crippen LogP contribution in [0.5, 0.6) is 0 Å². The molecule has 0 radical (unpaired) electrons. The van der Waals surface area contributed by atoms with Crippen LogP contribution in [0.3, 0.4) is 0 Å². The summed E-state index contributed by atoms with van der Waals surface area (Å²) in [6.07, 6.45) is 0. The van der Waals surface area contributed by atoms with Crippen molar-refractivity contribution in [3.63, 3.8) is 0 Å². The van der Waals surface area contributed by atoms with Crippen molar-refractivity contribution in [1.29, 1.82) is 0 Å². The van der Waals surface area contributed by atoms with E-state index in [9.17, 15) is 19.3 Å². The minimum atomic E-state index is -0.759. The molecule has 1 aromatic rings. The van der Waals surface area contributed by atoms with Crippen molar-refractivity contribution < 1.29 is 18.8 Å². The Morgan fingerprint density at radius 3 is 2.80 bits per heavy atom. The van der Waals surface area contributed by atoms with Crippen LogP contribution in [-0.2, 0) is 16.1 Å². The van der Waals surface area contributed by atoms with Gasteiger partial charge >= 0.3 is 5.97 Å². The molecule has 15 heavy (non-hydrogen) atoms. The third-order valence-corrected chi connectivity index (χ3v) is 1.71. The van der Waals surface area contributed by atoms with Crippen LogP contribution in [0, 0.1) is 15.9 Å². The number of rotatable bonds is 3. The summed E-state index contributed by atoms with van der Waals surface area (Å²) >= 11 is 0. The van der Waals surface area contributed by atoms with Gasteiger partial charge < -0.3 is 4.74 Å². The maximum Gasteiger partial charge on any atom is 0.302 e. The number of nitrogens with zero attached hydrogens (tertiary/aromatic N) is 1.